The van der Waals surface area contributed by atoms with Gasteiger partial charge in [0.2, 0.25) is 0 Å². The van der Waals surface area contributed by atoms with E-state index >= 15 is 0 Å². The maximum absolute atomic E-state index is 12.2. The van der Waals surface area contributed by atoms with Gasteiger partial charge in [-0.3, -0.25) is 4.79 Å². The van der Waals surface area contributed by atoms with E-state index in [2.05, 4.69) is 5.32 Å². The first-order valence-corrected chi connectivity index (χ1v) is 8.90. The van der Waals surface area contributed by atoms with Crippen molar-refractivity contribution in [3.8, 4) is 10.4 Å². The van der Waals surface area contributed by atoms with Gasteiger partial charge in [-0.1, -0.05) is 48.0 Å². The van der Waals surface area contributed by atoms with Crippen LogP contribution in [0.4, 0.5) is 0 Å². The molecule has 0 spiro atoms. The highest BCUT2D eigenvalue weighted by Crippen LogP contribution is 2.33. The summed E-state index contributed by atoms with van der Waals surface area (Å²) in [6.45, 7) is 0. The van der Waals surface area contributed by atoms with Gasteiger partial charge in [-0.2, -0.15) is 0 Å². The molecule has 0 aliphatic carbocycles. The Kier molecular flexibility index (Phi) is 5.51. The van der Waals surface area contributed by atoms with E-state index in [-0.39, 0.29) is 5.70 Å². The van der Waals surface area contributed by atoms with E-state index in [4.69, 9.17) is 11.6 Å². The van der Waals surface area contributed by atoms with Crippen LogP contribution in [-0.4, -0.2) is 17.0 Å². The van der Waals surface area contributed by atoms with Gasteiger partial charge in [0.05, 0.1) is 0 Å². The van der Waals surface area contributed by atoms with Crippen LogP contribution in [0, 0.1) is 0 Å². The largest absolute Gasteiger partial charge is 0.477 e. The molecule has 0 bridgehead atoms. The van der Waals surface area contributed by atoms with Gasteiger partial charge in [0.25, 0.3) is 5.91 Å². The number of hydrogen-bond acceptors (Lipinski definition) is 3. The van der Waals surface area contributed by atoms with Gasteiger partial charge in [-0.25, -0.2) is 4.79 Å². The molecule has 6 heteroatoms. The number of carboxylic acid groups (broad SMARTS) is 1. The van der Waals surface area contributed by atoms with Crippen LogP contribution in [-0.2, 0) is 4.79 Å². The molecule has 2 N–H and O–H groups in total. The minimum atomic E-state index is -1.21. The maximum Gasteiger partial charge on any atom is 0.352 e. The Labute approximate surface area is 159 Å². The average molecular weight is 384 g/mol. The van der Waals surface area contributed by atoms with Gasteiger partial charge in [-0.05, 0) is 36.4 Å². The van der Waals surface area contributed by atoms with E-state index in [0.717, 1.165) is 10.4 Å². The number of halogens is 1. The van der Waals surface area contributed by atoms with Crippen molar-refractivity contribution in [2.45, 2.75) is 0 Å². The van der Waals surface area contributed by atoms with Crippen molar-refractivity contribution < 1.29 is 14.7 Å². The summed E-state index contributed by atoms with van der Waals surface area (Å²) in [6.07, 6.45) is 1.44. The number of hydrogen-bond donors (Lipinski definition) is 2. The predicted octanol–water partition coefficient (Wildman–Crippen LogP) is 4.92. The zero-order valence-corrected chi connectivity index (χ0v) is 15.1. The van der Waals surface area contributed by atoms with Crippen LogP contribution in [0.2, 0.25) is 5.02 Å². The van der Waals surface area contributed by atoms with Gasteiger partial charge >= 0.3 is 5.97 Å². The third kappa shape index (κ3) is 4.20. The minimum absolute atomic E-state index is 0.189. The molecule has 1 aromatic heterocycles. The van der Waals surface area contributed by atoms with Gasteiger partial charge in [0, 0.05) is 25.9 Å². The first kappa shape index (κ1) is 17.9. The molecule has 3 aromatic rings. The molecular formula is C20H14ClNO3S. The number of carboxylic acids is 1. The fourth-order valence-corrected chi connectivity index (χ4v) is 3.60. The fourth-order valence-electron chi connectivity index (χ4n) is 2.31. The summed E-state index contributed by atoms with van der Waals surface area (Å²) in [5, 5.41) is 12.5. The second-order valence-electron chi connectivity index (χ2n) is 5.37. The number of nitrogens with one attached hydrogen (secondary N) is 1. The van der Waals surface area contributed by atoms with E-state index < -0.39 is 11.9 Å². The maximum atomic E-state index is 12.2. The first-order valence-electron chi connectivity index (χ1n) is 7.71. The Balaban J connectivity index is 1.85. The number of aliphatic carboxylic acids is 1. The molecule has 26 heavy (non-hydrogen) atoms. The number of rotatable bonds is 5. The van der Waals surface area contributed by atoms with E-state index in [1.165, 1.54) is 17.4 Å². The van der Waals surface area contributed by atoms with Crippen LogP contribution in [0.25, 0.3) is 16.5 Å². The lowest BCUT2D eigenvalue weighted by Crippen LogP contribution is -2.27. The summed E-state index contributed by atoms with van der Waals surface area (Å²) in [5.41, 5.74) is 1.08. The summed E-state index contributed by atoms with van der Waals surface area (Å²) in [4.78, 5) is 25.3. The van der Waals surface area contributed by atoms with Crippen LogP contribution in [0.3, 0.4) is 0 Å². The van der Waals surface area contributed by atoms with Crippen LogP contribution in [0.1, 0.15) is 15.2 Å². The van der Waals surface area contributed by atoms with Crippen molar-refractivity contribution in [3.05, 3.63) is 87.9 Å². The summed E-state index contributed by atoms with van der Waals surface area (Å²) in [7, 11) is 0. The molecule has 0 radical (unpaired) electrons. The van der Waals surface area contributed by atoms with Gasteiger partial charge in [0.1, 0.15) is 5.70 Å². The highest BCUT2D eigenvalue weighted by Gasteiger charge is 2.14. The number of benzene rings is 2. The van der Waals surface area contributed by atoms with Crippen molar-refractivity contribution in [2.24, 2.45) is 0 Å². The molecule has 1 amide bonds. The van der Waals surface area contributed by atoms with Crippen molar-refractivity contribution in [1.82, 2.24) is 5.32 Å². The average Bonchev–Trinajstić information content (AvgIpc) is 3.10. The third-order valence-corrected chi connectivity index (χ3v) is 4.96. The molecule has 0 saturated carbocycles. The van der Waals surface area contributed by atoms with Crippen molar-refractivity contribution in [3.63, 3.8) is 0 Å². The smallest absolute Gasteiger partial charge is 0.352 e. The monoisotopic (exact) mass is 383 g/mol. The van der Waals surface area contributed by atoms with Crippen LogP contribution >= 0.6 is 22.9 Å². The second kappa shape index (κ2) is 7.99. The summed E-state index contributed by atoms with van der Waals surface area (Å²) in [6, 6.07) is 19.6. The van der Waals surface area contributed by atoms with E-state index in [0.29, 0.717) is 15.5 Å². The Morgan fingerprint density at radius 2 is 1.65 bits per heavy atom. The van der Waals surface area contributed by atoms with E-state index in [1.807, 2.05) is 24.3 Å². The molecule has 0 atom stereocenters. The third-order valence-electron chi connectivity index (χ3n) is 3.57. The van der Waals surface area contributed by atoms with Crippen molar-refractivity contribution in [1.29, 1.82) is 0 Å². The SMILES string of the molecule is O=C(O)/C(=C/c1ccc(-c2ccccc2Cl)s1)NC(=O)c1ccccc1. The number of thiophene rings is 1. The van der Waals surface area contributed by atoms with Gasteiger partial charge in [-0.15, -0.1) is 11.3 Å². The minimum Gasteiger partial charge on any atom is -0.477 e. The Morgan fingerprint density at radius 1 is 0.962 bits per heavy atom. The summed E-state index contributed by atoms with van der Waals surface area (Å²) >= 11 is 7.59. The zero-order valence-electron chi connectivity index (χ0n) is 13.5. The fraction of sp³-hybridized carbons (Fsp3) is 0. The Morgan fingerprint density at radius 3 is 2.35 bits per heavy atom. The normalized spacial score (nSPS) is 11.2. The number of amides is 1. The lowest BCUT2D eigenvalue weighted by molar-refractivity contribution is -0.132. The van der Waals surface area contributed by atoms with Crippen LogP contribution in [0.5, 0.6) is 0 Å². The van der Waals surface area contributed by atoms with Gasteiger partial charge in [0.15, 0.2) is 0 Å². The lowest BCUT2D eigenvalue weighted by atomic mass is 10.2. The van der Waals surface area contributed by atoms with Gasteiger partial charge < -0.3 is 10.4 Å². The highest BCUT2D eigenvalue weighted by molar-refractivity contribution is 7.16. The molecule has 0 saturated heterocycles. The molecular weight excluding hydrogens is 370 g/mol. The van der Waals surface area contributed by atoms with Crippen molar-refractivity contribution in [2.75, 3.05) is 0 Å². The van der Waals surface area contributed by atoms with Crippen LogP contribution in [0.15, 0.2) is 72.4 Å². The molecule has 1 heterocycles. The lowest BCUT2D eigenvalue weighted by Gasteiger charge is -2.05. The quantitative estimate of drug-likeness (QED) is 0.614. The predicted molar refractivity (Wildman–Crippen MR) is 104 cm³/mol. The molecule has 130 valence electrons. The van der Waals surface area contributed by atoms with E-state index in [9.17, 15) is 14.7 Å². The second-order valence-corrected chi connectivity index (χ2v) is 6.89. The molecule has 0 unspecified atom stereocenters. The summed E-state index contributed by atoms with van der Waals surface area (Å²) in [5.74, 6) is -1.68. The molecule has 3 rings (SSSR count). The molecule has 0 aliphatic rings. The zero-order chi connectivity index (χ0) is 18.5. The Bertz CT molecular complexity index is 979. The molecule has 2 aromatic carbocycles. The topological polar surface area (TPSA) is 66.4 Å². The highest BCUT2D eigenvalue weighted by atomic mass is 35.5. The van der Waals surface area contributed by atoms with Crippen molar-refractivity contribution >= 4 is 40.9 Å². The molecule has 4 nitrogen and oxygen atoms in total. The molecule has 0 fully saturated rings. The van der Waals surface area contributed by atoms with E-state index in [1.54, 1.807) is 42.5 Å². The summed E-state index contributed by atoms with van der Waals surface area (Å²) < 4.78 is 0. The first-order chi connectivity index (χ1) is 12.5. The number of carbonyl (C=O) groups is 2. The van der Waals surface area contributed by atoms with Crippen LogP contribution < -0.4 is 5.32 Å². The Hall–Kier alpha value is -2.89. The standard InChI is InChI=1S/C20H14ClNO3S/c21-16-9-5-4-8-15(16)18-11-10-14(26-18)12-17(20(24)25)22-19(23)13-6-2-1-3-7-13/h1-12H,(H,22,23)(H,24,25)/b17-12-. The number of carbonyl (C=O) groups excluding carboxylic acids is 1. The molecule has 0 aliphatic heterocycles.